The fourth-order valence-corrected chi connectivity index (χ4v) is 2.29. The second-order valence-electron chi connectivity index (χ2n) is 4.33. The number of benzene rings is 1. The molecule has 1 aromatic heterocycles. The molecule has 0 radical (unpaired) electrons. The third-order valence-electron chi connectivity index (χ3n) is 2.76. The summed E-state index contributed by atoms with van der Waals surface area (Å²) in [6.45, 7) is 1.81. The maximum absolute atomic E-state index is 12.0. The minimum atomic E-state index is -0.243. The highest BCUT2D eigenvalue weighted by Crippen LogP contribution is 2.15. The van der Waals surface area contributed by atoms with Crippen molar-refractivity contribution in [2.45, 2.75) is 19.8 Å². The van der Waals surface area contributed by atoms with E-state index in [0.29, 0.717) is 16.4 Å². The average Bonchev–Trinajstić information content (AvgIpc) is 2.90. The van der Waals surface area contributed by atoms with Crippen molar-refractivity contribution in [3.63, 3.8) is 0 Å². The number of hydrogen-bond acceptors (Lipinski definition) is 6. The number of hydrogen-bond donors (Lipinski definition) is 1. The fraction of sp³-hybridized carbons (Fsp3) is 0.286. The van der Waals surface area contributed by atoms with Gasteiger partial charge in [0.25, 0.3) is 0 Å². The van der Waals surface area contributed by atoms with E-state index in [4.69, 9.17) is 4.74 Å². The molecule has 7 heteroatoms. The van der Waals surface area contributed by atoms with E-state index >= 15 is 0 Å². The number of nitrogens with zero attached hydrogens (tertiary/aromatic N) is 2. The van der Waals surface area contributed by atoms with Crippen molar-refractivity contribution in [3.8, 4) is 5.75 Å². The lowest BCUT2D eigenvalue weighted by Crippen LogP contribution is -2.13. The first-order valence-electron chi connectivity index (χ1n) is 6.35. The number of Topliss-reactive ketones (excluding diaryl/α,β-unsaturated/α-hetero) is 1. The molecule has 0 aliphatic carbocycles. The molecule has 0 atom stereocenters. The van der Waals surface area contributed by atoms with Gasteiger partial charge in [-0.25, -0.2) is 0 Å². The van der Waals surface area contributed by atoms with Crippen LogP contribution in [0.3, 0.4) is 0 Å². The van der Waals surface area contributed by atoms with E-state index in [9.17, 15) is 9.59 Å². The molecule has 6 nitrogen and oxygen atoms in total. The molecule has 110 valence electrons. The van der Waals surface area contributed by atoms with Gasteiger partial charge in [-0.05, 0) is 31.2 Å². The second kappa shape index (κ2) is 6.94. The summed E-state index contributed by atoms with van der Waals surface area (Å²) in [6.07, 6.45) is 0.263. The topological polar surface area (TPSA) is 81.2 Å². The van der Waals surface area contributed by atoms with Gasteiger partial charge in [0.1, 0.15) is 10.8 Å². The molecule has 0 saturated heterocycles. The maximum atomic E-state index is 12.0. The number of methoxy groups -OCH3 is 1. The van der Waals surface area contributed by atoms with Crippen LogP contribution < -0.4 is 10.1 Å². The Kier molecular flexibility index (Phi) is 4.99. The molecule has 1 heterocycles. The molecular formula is C14H15N3O3S. The average molecular weight is 305 g/mol. The van der Waals surface area contributed by atoms with Crippen LogP contribution in [0.5, 0.6) is 5.75 Å². The summed E-state index contributed by atoms with van der Waals surface area (Å²) in [5, 5.41) is 11.5. The van der Waals surface area contributed by atoms with Gasteiger partial charge in [0.2, 0.25) is 11.0 Å². The van der Waals surface area contributed by atoms with Gasteiger partial charge >= 0.3 is 0 Å². The molecule has 0 fully saturated rings. The SMILES string of the molecule is COc1ccc(C(=O)CCC(=O)Nc2nnc(C)s2)cc1. The predicted octanol–water partition coefficient (Wildman–Crippen LogP) is 2.46. The number of amides is 1. The highest BCUT2D eigenvalue weighted by molar-refractivity contribution is 7.15. The van der Waals surface area contributed by atoms with Gasteiger partial charge in [0, 0.05) is 18.4 Å². The van der Waals surface area contributed by atoms with Crippen LogP contribution in [-0.4, -0.2) is 29.0 Å². The standard InChI is InChI=1S/C14H15N3O3S/c1-9-16-17-14(21-9)15-13(19)8-7-12(18)10-3-5-11(20-2)6-4-10/h3-6H,7-8H2,1-2H3,(H,15,17,19). The molecule has 0 unspecified atom stereocenters. The van der Waals surface area contributed by atoms with E-state index in [1.165, 1.54) is 11.3 Å². The van der Waals surface area contributed by atoms with Crippen LogP contribution in [-0.2, 0) is 4.79 Å². The molecule has 1 amide bonds. The lowest BCUT2D eigenvalue weighted by molar-refractivity contribution is -0.116. The summed E-state index contributed by atoms with van der Waals surface area (Å²) in [4.78, 5) is 23.7. The molecule has 1 N–H and O–H groups in total. The number of ketones is 1. The number of anilines is 1. The molecule has 0 saturated carbocycles. The number of ether oxygens (including phenoxy) is 1. The van der Waals surface area contributed by atoms with Crippen molar-refractivity contribution in [2.75, 3.05) is 12.4 Å². The fourth-order valence-electron chi connectivity index (χ4n) is 1.68. The quantitative estimate of drug-likeness (QED) is 0.829. The van der Waals surface area contributed by atoms with Gasteiger partial charge in [-0.1, -0.05) is 11.3 Å². The molecule has 2 rings (SSSR count). The molecule has 0 bridgehead atoms. The Bertz CT molecular complexity index is 637. The second-order valence-corrected chi connectivity index (χ2v) is 5.51. The van der Waals surface area contributed by atoms with E-state index in [-0.39, 0.29) is 24.5 Å². The number of carbonyl (C=O) groups is 2. The van der Waals surface area contributed by atoms with Gasteiger partial charge in [-0.15, -0.1) is 10.2 Å². The molecule has 0 aliphatic heterocycles. The van der Waals surface area contributed by atoms with Gasteiger partial charge in [0.05, 0.1) is 7.11 Å². The first-order chi connectivity index (χ1) is 10.1. The first kappa shape index (κ1) is 15.1. The zero-order chi connectivity index (χ0) is 15.2. The van der Waals surface area contributed by atoms with Crippen molar-refractivity contribution in [2.24, 2.45) is 0 Å². The summed E-state index contributed by atoms with van der Waals surface area (Å²) in [7, 11) is 1.57. The maximum Gasteiger partial charge on any atom is 0.226 e. The van der Waals surface area contributed by atoms with E-state index in [1.54, 1.807) is 38.3 Å². The Morgan fingerprint density at radius 3 is 2.48 bits per heavy atom. The van der Waals surface area contributed by atoms with E-state index < -0.39 is 0 Å². The first-order valence-corrected chi connectivity index (χ1v) is 7.17. The third kappa shape index (κ3) is 4.35. The lowest BCUT2D eigenvalue weighted by Gasteiger charge is -2.03. The van der Waals surface area contributed by atoms with Crippen LogP contribution >= 0.6 is 11.3 Å². The van der Waals surface area contributed by atoms with Crippen molar-refractivity contribution in [1.29, 1.82) is 0 Å². The number of carbonyl (C=O) groups excluding carboxylic acids is 2. The molecule has 0 aliphatic rings. The molecular weight excluding hydrogens is 290 g/mol. The number of aryl methyl sites for hydroxylation is 1. The zero-order valence-electron chi connectivity index (χ0n) is 11.8. The van der Waals surface area contributed by atoms with Crippen molar-refractivity contribution in [3.05, 3.63) is 34.8 Å². The number of nitrogens with one attached hydrogen (secondary N) is 1. The smallest absolute Gasteiger partial charge is 0.226 e. The zero-order valence-corrected chi connectivity index (χ0v) is 12.6. The molecule has 1 aromatic carbocycles. The Balaban J connectivity index is 1.83. The highest BCUT2D eigenvalue weighted by atomic mass is 32.1. The summed E-state index contributed by atoms with van der Waals surface area (Å²) < 4.78 is 5.03. The van der Waals surface area contributed by atoms with Crippen LogP contribution in [0.25, 0.3) is 0 Å². The molecule has 2 aromatic rings. The lowest BCUT2D eigenvalue weighted by atomic mass is 10.1. The third-order valence-corrected chi connectivity index (χ3v) is 3.52. The van der Waals surface area contributed by atoms with Crippen LogP contribution in [0, 0.1) is 6.92 Å². The van der Waals surface area contributed by atoms with Crippen LogP contribution in [0.15, 0.2) is 24.3 Å². The van der Waals surface area contributed by atoms with Crippen molar-refractivity contribution < 1.29 is 14.3 Å². The van der Waals surface area contributed by atoms with Crippen molar-refractivity contribution in [1.82, 2.24) is 10.2 Å². The van der Waals surface area contributed by atoms with E-state index in [0.717, 1.165) is 5.01 Å². The largest absolute Gasteiger partial charge is 0.497 e. The Morgan fingerprint density at radius 1 is 1.19 bits per heavy atom. The molecule has 21 heavy (non-hydrogen) atoms. The van der Waals surface area contributed by atoms with Gasteiger partial charge in [-0.3, -0.25) is 9.59 Å². The van der Waals surface area contributed by atoms with Gasteiger partial charge in [0.15, 0.2) is 5.78 Å². The minimum absolute atomic E-state index is 0.0822. The molecule has 0 spiro atoms. The van der Waals surface area contributed by atoms with E-state index in [1.807, 2.05) is 0 Å². The van der Waals surface area contributed by atoms with E-state index in [2.05, 4.69) is 15.5 Å². The summed E-state index contributed by atoms with van der Waals surface area (Å²) in [5.41, 5.74) is 0.565. The summed E-state index contributed by atoms with van der Waals surface area (Å²) >= 11 is 1.30. The van der Waals surface area contributed by atoms with Crippen molar-refractivity contribution >= 4 is 28.2 Å². The Labute approximate surface area is 126 Å². The summed E-state index contributed by atoms with van der Waals surface area (Å²) in [6, 6.07) is 6.81. The number of aromatic nitrogens is 2. The normalized spacial score (nSPS) is 10.2. The van der Waals surface area contributed by atoms with Crippen LogP contribution in [0.1, 0.15) is 28.2 Å². The number of rotatable bonds is 6. The highest BCUT2D eigenvalue weighted by Gasteiger charge is 2.11. The predicted molar refractivity (Wildman–Crippen MR) is 79.8 cm³/mol. The van der Waals surface area contributed by atoms with Crippen LogP contribution in [0.4, 0.5) is 5.13 Å². The van der Waals surface area contributed by atoms with Gasteiger partial charge in [-0.2, -0.15) is 0 Å². The minimum Gasteiger partial charge on any atom is -0.497 e. The van der Waals surface area contributed by atoms with Crippen LogP contribution in [0.2, 0.25) is 0 Å². The monoisotopic (exact) mass is 305 g/mol. The van der Waals surface area contributed by atoms with Gasteiger partial charge < -0.3 is 10.1 Å². The Hall–Kier alpha value is -2.28. The summed E-state index contributed by atoms with van der Waals surface area (Å²) in [5.74, 6) is 0.366. The Morgan fingerprint density at radius 2 is 1.90 bits per heavy atom.